The first-order valence-corrected chi connectivity index (χ1v) is 19.2. The van der Waals surface area contributed by atoms with E-state index in [0.717, 1.165) is 48.9 Å². The van der Waals surface area contributed by atoms with Gasteiger partial charge < -0.3 is 24.7 Å². The molecule has 0 unspecified atom stereocenters. The number of ether oxygens (including phenoxy) is 1. The van der Waals surface area contributed by atoms with Crippen LogP contribution in [0.2, 0.25) is 0 Å². The molecule has 4 heterocycles. The maximum absolute atomic E-state index is 13.1. The van der Waals surface area contributed by atoms with Gasteiger partial charge in [-0.05, 0) is 78.9 Å². The Morgan fingerprint density at radius 1 is 0.889 bits per heavy atom. The zero-order valence-electron chi connectivity index (χ0n) is 29.4. The number of nitro groups is 1. The molecule has 2 saturated heterocycles. The zero-order valence-corrected chi connectivity index (χ0v) is 30.2. The number of benzene rings is 3. The van der Waals surface area contributed by atoms with Crippen molar-refractivity contribution in [3.05, 3.63) is 124 Å². The minimum absolute atomic E-state index is 0.132. The molecule has 0 saturated carbocycles. The maximum Gasteiger partial charge on any atom is 0.293 e. The molecule has 0 spiro atoms. The summed E-state index contributed by atoms with van der Waals surface area (Å²) in [6.45, 7) is 5.36. The number of fused-ring (bicyclic) bond motifs is 1. The Morgan fingerprint density at radius 3 is 2.37 bits per heavy atom. The number of imidazole rings is 1. The molecule has 2 aromatic heterocycles. The Hall–Kier alpha value is -5.84. The van der Waals surface area contributed by atoms with Crippen LogP contribution in [0.25, 0.3) is 5.65 Å². The minimum atomic E-state index is -4.40. The number of aromatic nitrogens is 2. The van der Waals surface area contributed by atoms with Crippen molar-refractivity contribution >= 4 is 50.2 Å². The Labute approximate surface area is 312 Å². The van der Waals surface area contributed by atoms with Gasteiger partial charge in [0.15, 0.2) is 0 Å². The molecule has 16 heteroatoms. The fourth-order valence-electron chi connectivity index (χ4n) is 6.66. The monoisotopic (exact) mass is 752 g/mol. The first kappa shape index (κ1) is 36.5. The van der Waals surface area contributed by atoms with Crippen molar-refractivity contribution in [2.24, 2.45) is 5.92 Å². The van der Waals surface area contributed by atoms with E-state index in [1.54, 1.807) is 34.9 Å². The number of piperazine rings is 1. The largest absolute Gasteiger partial charge is 0.381 e. The molecule has 0 radical (unpaired) electrons. The van der Waals surface area contributed by atoms with Gasteiger partial charge in [-0.3, -0.25) is 24.6 Å². The Bertz CT molecular complexity index is 2230. The van der Waals surface area contributed by atoms with E-state index >= 15 is 0 Å². The van der Waals surface area contributed by atoms with Crippen LogP contribution in [0, 0.1) is 16.0 Å². The first-order chi connectivity index (χ1) is 26.1. The lowest BCUT2D eigenvalue weighted by molar-refractivity contribution is -0.384. The number of nitrogens with one attached hydrogen (secondary N) is 3. The Morgan fingerprint density at radius 2 is 1.63 bits per heavy atom. The lowest BCUT2D eigenvalue weighted by Gasteiger charge is -2.36. The van der Waals surface area contributed by atoms with Crippen molar-refractivity contribution < 1.29 is 27.7 Å². The second kappa shape index (κ2) is 16.0. The Balaban J connectivity index is 0.924. The van der Waals surface area contributed by atoms with E-state index in [1.807, 2.05) is 53.4 Å². The summed E-state index contributed by atoms with van der Waals surface area (Å²) in [5.41, 5.74) is 3.58. The third kappa shape index (κ3) is 8.51. The molecule has 0 aliphatic carbocycles. The number of hydrogen-bond acceptors (Lipinski definition) is 11. The van der Waals surface area contributed by atoms with Crippen molar-refractivity contribution in [1.29, 1.82) is 0 Å². The first-order valence-electron chi connectivity index (χ1n) is 17.7. The summed E-state index contributed by atoms with van der Waals surface area (Å²) in [5.74, 6) is -0.830. The third-order valence-corrected chi connectivity index (χ3v) is 11.1. The van der Waals surface area contributed by atoms with Crippen LogP contribution in [-0.2, 0) is 21.3 Å². The lowest BCUT2D eigenvalue weighted by Crippen LogP contribution is -2.46. The average molecular weight is 753 g/mol. The number of carbonyl (C=O) groups is 2. The van der Waals surface area contributed by atoms with E-state index in [0.29, 0.717) is 56.7 Å². The van der Waals surface area contributed by atoms with Crippen LogP contribution in [0.1, 0.15) is 39.3 Å². The van der Waals surface area contributed by atoms with E-state index in [9.17, 15) is 28.1 Å². The Kier molecular flexibility index (Phi) is 10.8. The number of nitro benzene ring substituents is 1. The van der Waals surface area contributed by atoms with Crippen LogP contribution in [0.3, 0.4) is 0 Å². The van der Waals surface area contributed by atoms with Crippen LogP contribution in [0.15, 0.2) is 102 Å². The van der Waals surface area contributed by atoms with Gasteiger partial charge in [0, 0.05) is 87.9 Å². The molecule has 0 bridgehead atoms. The van der Waals surface area contributed by atoms with Crippen molar-refractivity contribution in [3.8, 4) is 0 Å². The van der Waals surface area contributed by atoms with Gasteiger partial charge in [-0.25, -0.2) is 18.1 Å². The van der Waals surface area contributed by atoms with Crippen LogP contribution in [0.5, 0.6) is 0 Å². The topological polar surface area (TPSA) is 181 Å². The predicted octanol–water partition coefficient (Wildman–Crippen LogP) is 4.77. The molecule has 2 aliphatic heterocycles. The van der Waals surface area contributed by atoms with Crippen LogP contribution in [0.4, 0.5) is 22.7 Å². The summed E-state index contributed by atoms with van der Waals surface area (Å²) < 4.78 is 35.5. The second-order valence-electron chi connectivity index (χ2n) is 13.3. The van der Waals surface area contributed by atoms with Crippen LogP contribution < -0.4 is 20.3 Å². The standard InChI is InChI=1S/C38H40N8O7S/c47-37(42-54(51,52)31-12-13-33(35(23-31)46(49)50)39-24-27-14-21-53-22-15-27)28-8-10-30(11-9-28)44-19-17-43(18-20-44)25-29-5-1-2-6-32(29)41-38(48)34-26-45-16-4-3-7-36(45)40-34/h1-13,16,23,26-27,39H,14-15,17-22,24-25H2,(H,41,48)(H,42,47). The van der Waals surface area contributed by atoms with E-state index in [-0.39, 0.29) is 22.1 Å². The third-order valence-electron chi connectivity index (χ3n) is 9.75. The van der Waals surface area contributed by atoms with E-state index in [4.69, 9.17) is 4.74 Å². The average Bonchev–Trinajstić information content (AvgIpc) is 3.63. The van der Waals surface area contributed by atoms with E-state index in [2.05, 4.69) is 25.4 Å². The van der Waals surface area contributed by atoms with Gasteiger partial charge in [-0.2, -0.15) is 0 Å². The van der Waals surface area contributed by atoms with Gasteiger partial charge in [-0.1, -0.05) is 24.3 Å². The van der Waals surface area contributed by atoms with Gasteiger partial charge >= 0.3 is 0 Å². The van der Waals surface area contributed by atoms with E-state index in [1.165, 1.54) is 12.1 Å². The molecule has 54 heavy (non-hydrogen) atoms. The SMILES string of the molecule is O=C(NS(=O)(=O)c1ccc(NCC2CCOCC2)c([N+](=O)[O-])c1)c1ccc(N2CCN(Cc3ccccc3NC(=O)c3cn4ccccc4n3)CC2)cc1. The number of para-hydroxylation sites is 1. The molecule has 3 aromatic carbocycles. The number of carbonyl (C=O) groups excluding carboxylic acids is 2. The normalized spacial score (nSPS) is 15.5. The van der Waals surface area contributed by atoms with E-state index < -0.39 is 26.5 Å². The molecule has 280 valence electrons. The van der Waals surface area contributed by atoms with Crippen molar-refractivity contribution in [2.75, 3.05) is 61.5 Å². The highest BCUT2D eigenvalue weighted by molar-refractivity contribution is 7.90. The number of hydrogen-bond donors (Lipinski definition) is 3. The molecular formula is C38H40N8O7S. The van der Waals surface area contributed by atoms with Gasteiger partial charge in [0.1, 0.15) is 17.0 Å². The summed E-state index contributed by atoms with van der Waals surface area (Å²) in [5, 5.41) is 17.9. The number of pyridine rings is 1. The number of sulfonamides is 1. The smallest absolute Gasteiger partial charge is 0.293 e. The molecule has 5 aromatic rings. The van der Waals surface area contributed by atoms with Crippen LogP contribution in [-0.4, -0.2) is 85.4 Å². The second-order valence-corrected chi connectivity index (χ2v) is 15.0. The number of rotatable bonds is 12. The van der Waals surface area contributed by atoms with Gasteiger partial charge in [-0.15, -0.1) is 0 Å². The van der Waals surface area contributed by atoms with Gasteiger partial charge in [0.2, 0.25) is 0 Å². The molecule has 2 amide bonds. The fraction of sp³-hybridized carbons (Fsp3) is 0.289. The van der Waals surface area contributed by atoms with Crippen molar-refractivity contribution in [2.45, 2.75) is 24.3 Å². The molecule has 3 N–H and O–H groups in total. The molecule has 2 fully saturated rings. The summed E-state index contributed by atoms with van der Waals surface area (Å²) in [7, 11) is -4.40. The van der Waals surface area contributed by atoms with Gasteiger partial charge in [0.25, 0.3) is 27.5 Å². The van der Waals surface area contributed by atoms with Crippen molar-refractivity contribution in [3.63, 3.8) is 0 Å². The molecule has 0 atom stereocenters. The van der Waals surface area contributed by atoms with Crippen molar-refractivity contribution in [1.82, 2.24) is 19.0 Å². The number of amides is 2. The summed E-state index contributed by atoms with van der Waals surface area (Å²) in [6.07, 6.45) is 5.22. The molecular weight excluding hydrogens is 713 g/mol. The number of anilines is 3. The lowest BCUT2D eigenvalue weighted by atomic mass is 10.0. The predicted molar refractivity (Wildman–Crippen MR) is 203 cm³/mol. The summed E-state index contributed by atoms with van der Waals surface area (Å²) in [6, 6.07) is 23.5. The van der Waals surface area contributed by atoms with Crippen LogP contribution >= 0.6 is 0 Å². The van der Waals surface area contributed by atoms with Gasteiger partial charge in [0.05, 0.1) is 9.82 Å². The molecule has 15 nitrogen and oxygen atoms in total. The highest BCUT2D eigenvalue weighted by Gasteiger charge is 2.25. The summed E-state index contributed by atoms with van der Waals surface area (Å²) in [4.78, 5) is 45.8. The highest BCUT2D eigenvalue weighted by atomic mass is 32.2. The minimum Gasteiger partial charge on any atom is -0.381 e. The fourth-order valence-corrected chi connectivity index (χ4v) is 7.66. The molecule has 7 rings (SSSR count). The zero-order chi connectivity index (χ0) is 37.7. The number of nitrogens with zero attached hydrogens (tertiary/aromatic N) is 5. The molecule has 2 aliphatic rings. The quantitative estimate of drug-likeness (QED) is 0.118. The highest BCUT2D eigenvalue weighted by Crippen LogP contribution is 2.29. The maximum atomic E-state index is 13.1. The summed E-state index contributed by atoms with van der Waals surface area (Å²) >= 11 is 0.